The van der Waals surface area contributed by atoms with Crippen molar-refractivity contribution < 1.29 is 19.4 Å². The van der Waals surface area contributed by atoms with Crippen LogP contribution in [0.1, 0.15) is 18.9 Å². The van der Waals surface area contributed by atoms with Gasteiger partial charge in [-0.25, -0.2) is 4.79 Å². The minimum atomic E-state index is -0.938. The third kappa shape index (κ3) is 3.32. The van der Waals surface area contributed by atoms with Crippen LogP contribution in [0.25, 0.3) is 0 Å². The molecule has 1 aromatic rings. The fraction of sp³-hybridized carbons (Fsp3) is 0.467. The molecule has 1 aromatic carbocycles. The van der Waals surface area contributed by atoms with Crippen molar-refractivity contribution >= 4 is 23.6 Å². The Morgan fingerprint density at radius 1 is 1.43 bits per heavy atom. The number of rotatable bonds is 5. The van der Waals surface area contributed by atoms with E-state index in [2.05, 4.69) is 0 Å². The van der Waals surface area contributed by atoms with Crippen molar-refractivity contribution in [1.29, 1.82) is 0 Å². The summed E-state index contributed by atoms with van der Waals surface area (Å²) < 4.78 is 5.24. The molecule has 0 bridgehead atoms. The van der Waals surface area contributed by atoms with E-state index in [-0.39, 0.29) is 17.7 Å². The lowest BCUT2D eigenvalue weighted by atomic mass is 10.1. The van der Waals surface area contributed by atoms with E-state index in [1.807, 2.05) is 25.1 Å². The molecule has 1 aliphatic rings. The summed E-state index contributed by atoms with van der Waals surface area (Å²) >= 11 is 1.53. The van der Waals surface area contributed by atoms with Crippen molar-refractivity contribution in [2.75, 3.05) is 12.9 Å². The molecule has 2 unspecified atom stereocenters. The summed E-state index contributed by atoms with van der Waals surface area (Å²) in [5.74, 6) is -0.000835. The molecule has 1 fully saturated rings. The van der Waals surface area contributed by atoms with Crippen LogP contribution in [0.5, 0.6) is 5.75 Å². The number of thioether (sulfide) groups is 1. The summed E-state index contributed by atoms with van der Waals surface area (Å²) in [6, 6.07) is 6.58. The van der Waals surface area contributed by atoms with Gasteiger partial charge in [-0.1, -0.05) is 25.1 Å². The van der Waals surface area contributed by atoms with Crippen LogP contribution < -0.4 is 4.74 Å². The van der Waals surface area contributed by atoms with Gasteiger partial charge in [-0.05, 0) is 12.5 Å². The van der Waals surface area contributed by atoms with Crippen molar-refractivity contribution in [3.8, 4) is 5.75 Å². The third-order valence-corrected chi connectivity index (χ3v) is 5.00. The van der Waals surface area contributed by atoms with Crippen molar-refractivity contribution in [1.82, 2.24) is 4.90 Å². The van der Waals surface area contributed by atoms with E-state index in [0.29, 0.717) is 11.5 Å². The quantitative estimate of drug-likeness (QED) is 0.901. The molecule has 1 N–H and O–H groups in total. The van der Waals surface area contributed by atoms with Crippen LogP contribution in [0.3, 0.4) is 0 Å². The Kier molecular flexibility index (Phi) is 5.12. The Hall–Kier alpha value is -1.69. The summed E-state index contributed by atoms with van der Waals surface area (Å²) in [7, 11) is 1.56. The summed E-state index contributed by atoms with van der Waals surface area (Å²) in [6.07, 6.45) is 0.900. The smallest absolute Gasteiger partial charge is 0.327 e. The standard InChI is InChI=1S/C15H19NO4S/c1-3-14-16(11(9-21-14)15(18)19)13(17)8-10-6-4-5-7-12(10)20-2/h4-7,11,14H,3,8-9H2,1-2H3,(H,18,19). The number of ether oxygens (including phenoxy) is 1. The lowest BCUT2D eigenvalue weighted by Crippen LogP contribution is -2.46. The van der Waals surface area contributed by atoms with E-state index in [1.54, 1.807) is 13.2 Å². The average Bonchev–Trinajstić information content (AvgIpc) is 2.92. The van der Waals surface area contributed by atoms with Gasteiger partial charge < -0.3 is 14.7 Å². The molecule has 0 spiro atoms. The number of para-hydroxylation sites is 1. The van der Waals surface area contributed by atoms with Gasteiger partial charge in [0.1, 0.15) is 11.8 Å². The topological polar surface area (TPSA) is 66.8 Å². The Labute approximate surface area is 128 Å². The summed E-state index contributed by atoms with van der Waals surface area (Å²) in [6.45, 7) is 1.96. The molecule has 1 amide bonds. The number of carbonyl (C=O) groups is 2. The van der Waals surface area contributed by atoms with E-state index in [4.69, 9.17) is 4.74 Å². The summed E-state index contributed by atoms with van der Waals surface area (Å²) in [4.78, 5) is 25.4. The number of carboxylic acid groups (broad SMARTS) is 1. The van der Waals surface area contributed by atoms with Crippen molar-refractivity contribution in [3.63, 3.8) is 0 Å². The Balaban J connectivity index is 2.19. The molecule has 0 aromatic heterocycles. The molecular formula is C15H19NO4S. The van der Waals surface area contributed by atoms with Gasteiger partial charge in [0.2, 0.25) is 5.91 Å². The van der Waals surface area contributed by atoms with E-state index < -0.39 is 12.0 Å². The van der Waals surface area contributed by atoms with Gasteiger partial charge in [-0.2, -0.15) is 0 Å². The van der Waals surface area contributed by atoms with Crippen LogP contribution in [0.2, 0.25) is 0 Å². The minimum Gasteiger partial charge on any atom is -0.496 e. The monoisotopic (exact) mass is 309 g/mol. The highest BCUT2D eigenvalue weighted by Crippen LogP contribution is 2.32. The first-order valence-electron chi connectivity index (χ1n) is 6.86. The minimum absolute atomic E-state index is 0.0618. The fourth-order valence-corrected chi connectivity index (χ4v) is 3.87. The number of hydrogen-bond acceptors (Lipinski definition) is 4. The first-order valence-corrected chi connectivity index (χ1v) is 7.90. The summed E-state index contributed by atoms with van der Waals surface area (Å²) in [5.41, 5.74) is 0.779. The van der Waals surface area contributed by atoms with Crippen molar-refractivity contribution in [2.45, 2.75) is 31.2 Å². The molecule has 2 atom stereocenters. The van der Waals surface area contributed by atoms with Crippen LogP contribution >= 0.6 is 11.8 Å². The normalized spacial score (nSPS) is 21.3. The molecule has 21 heavy (non-hydrogen) atoms. The number of methoxy groups -OCH3 is 1. The second-order valence-corrected chi connectivity index (χ2v) is 6.05. The second-order valence-electron chi connectivity index (χ2n) is 4.84. The van der Waals surface area contributed by atoms with Crippen LogP contribution in [-0.2, 0) is 16.0 Å². The van der Waals surface area contributed by atoms with Gasteiger partial charge in [0.25, 0.3) is 0 Å². The predicted octanol–water partition coefficient (Wildman–Crippen LogP) is 2.00. The molecule has 0 saturated carbocycles. The van der Waals surface area contributed by atoms with Gasteiger partial charge in [-0.15, -0.1) is 11.8 Å². The molecule has 6 heteroatoms. The van der Waals surface area contributed by atoms with E-state index in [1.165, 1.54) is 16.7 Å². The number of carboxylic acids is 1. The lowest BCUT2D eigenvalue weighted by Gasteiger charge is -2.27. The number of amides is 1. The lowest BCUT2D eigenvalue weighted by molar-refractivity contribution is -0.148. The van der Waals surface area contributed by atoms with Gasteiger partial charge >= 0.3 is 5.97 Å². The first-order chi connectivity index (χ1) is 10.1. The highest BCUT2D eigenvalue weighted by atomic mass is 32.2. The van der Waals surface area contributed by atoms with Gasteiger partial charge in [0, 0.05) is 11.3 Å². The van der Waals surface area contributed by atoms with Gasteiger partial charge in [0.05, 0.1) is 18.9 Å². The SMILES string of the molecule is CCC1SCC(C(=O)O)N1C(=O)Cc1ccccc1OC. The highest BCUT2D eigenvalue weighted by Gasteiger charge is 2.40. The van der Waals surface area contributed by atoms with Crippen LogP contribution in [0.15, 0.2) is 24.3 Å². The van der Waals surface area contributed by atoms with E-state index in [0.717, 1.165) is 12.0 Å². The van der Waals surface area contributed by atoms with Gasteiger partial charge in [-0.3, -0.25) is 4.79 Å². The van der Waals surface area contributed by atoms with Gasteiger partial charge in [0.15, 0.2) is 0 Å². The molecule has 1 aliphatic heterocycles. The number of nitrogens with zero attached hydrogens (tertiary/aromatic N) is 1. The third-order valence-electron chi connectivity index (χ3n) is 3.55. The Bertz CT molecular complexity index is 534. The second kappa shape index (κ2) is 6.85. The van der Waals surface area contributed by atoms with Crippen LogP contribution in [0.4, 0.5) is 0 Å². The molecule has 114 valence electrons. The van der Waals surface area contributed by atoms with E-state index in [9.17, 15) is 14.7 Å². The maximum atomic E-state index is 12.6. The molecule has 0 aliphatic carbocycles. The molecule has 1 heterocycles. The maximum Gasteiger partial charge on any atom is 0.327 e. The average molecular weight is 309 g/mol. The van der Waals surface area contributed by atoms with Crippen molar-refractivity contribution in [2.24, 2.45) is 0 Å². The molecule has 1 saturated heterocycles. The maximum absolute atomic E-state index is 12.6. The van der Waals surface area contributed by atoms with Crippen molar-refractivity contribution in [3.05, 3.63) is 29.8 Å². The first kappa shape index (κ1) is 15.7. The van der Waals surface area contributed by atoms with Crippen LogP contribution in [0, 0.1) is 0 Å². The largest absolute Gasteiger partial charge is 0.496 e. The number of benzene rings is 1. The fourth-order valence-electron chi connectivity index (χ4n) is 2.51. The Morgan fingerprint density at radius 3 is 2.76 bits per heavy atom. The number of carbonyl (C=O) groups excluding carboxylic acids is 1. The molecule has 0 radical (unpaired) electrons. The number of hydrogen-bond donors (Lipinski definition) is 1. The molecule has 2 rings (SSSR count). The zero-order valence-electron chi connectivity index (χ0n) is 12.1. The van der Waals surface area contributed by atoms with E-state index >= 15 is 0 Å². The molecular weight excluding hydrogens is 290 g/mol. The van der Waals surface area contributed by atoms with Crippen LogP contribution in [-0.4, -0.2) is 46.2 Å². The zero-order chi connectivity index (χ0) is 15.4. The summed E-state index contributed by atoms with van der Waals surface area (Å²) in [5, 5.41) is 9.22. The molecule has 5 nitrogen and oxygen atoms in total. The number of aliphatic carboxylic acids is 1. The zero-order valence-corrected chi connectivity index (χ0v) is 12.9. The Morgan fingerprint density at radius 2 is 2.14 bits per heavy atom. The predicted molar refractivity (Wildman–Crippen MR) is 81.5 cm³/mol. The highest BCUT2D eigenvalue weighted by molar-refractivity contribution is 8.00.